The van der Waals surface area contributed by atoms with Crippen LogP contribution in [0.3, 0.4) is 0 Å². The lowest BCUT2D eigenvalue weighted by Gasteiger charge is -2.28. The second kappa shape index (κ2) is 9.96. The Hall–Kier alpha value is -3.19. The van der Waals surface area contributed by atoms with E-state index in [1.54, 1.807) is 18.0 Å². The number of rotatable bonds is 7. The summed E-state index contributed by atoms with van der Waals surface area (Å²) in [6.07, 6.45) is 3.28. The van der Waals surface area contributed by atoms with Gasteiger partial charge in [-0.3, -0.25) is 14.5 Å². The molecule has 0 spiro atoms. The molecule has 166 valence electrons. The van der Waals surface area contributed by atoms with Crippen molar-refractivity contribution in [1.29, 1.82) is 0 Å². The maximum atomic E-state index is 12.9. The molecule has 0 saturated heterocycles. The van der Waals surface area contributed by atoms with E-state index in [2.05, 4.69) is 10.1 Å². The van der Waals surface area contributed by atoms with E-state index >= 15 is 0 Å². The largest absolute Gasteiger partial charge is 0.461 e. The number of ether oxygens (including phenoxy) is 1. The molecule has 0 fully saturated rings. The summed E-state index contributed by atoms with van der Waals surface area (Å²) in [7, 11) is 0. The van der Waals surface area contributed by atoms with Crippen molar-refractivity contribution in [3.63, 3.8) is 0 Å². The monoisotopic (exact) mass is 452 g/mol. The first-order valence-electron chi connectivity index (χ1n) is 10.7. The van der Waals surface area contributed by atoms with Gasteiger partial charge in [0.25, 0.3) is 0 Å². The van der Waals surface area contributed by atoms with Crippen LogP contribution in [0.15, 0.2) is 48.7 Å². The summed E-state index contributed by atoms with van der Waals surface area (Å²) in [4.78, 5) is 31.7. The number of aryl methyl sites for hydroxylation is 1. The fourth-order valence-corrected chi connectivity index (χ4v) is 4.17. The predicted molar refractivity (Wildman–Crippen MR) is 120 cm³/mol. The minimum Gasteiger partial charge on any atom is -0.461 e. The van der Waals surface area contributed by atoms with Crippen molar-refractivity contribution in [1.82, 2.24) is 19.7 Å². The SMILES string of the molecule is CCOC(=O)c1nn(Cc2ccccn2)c2c1CN(C(=O)CCc1ccccc1Cl)CC2. The Kier molecular flexibility index (Phi) is 6.85. The summed E-state index contributed by atoms with van der Waals surface area (Å²) in [5.41, 5.74) is 3.80. The van der Waals surface area contributed by atoms with Crippen molar-refractivity contribution < 1.29 is 14.3 Å². The van der Waals surface area contributed by atoms with Crippen molar-refractivity contribution in [2.45, 2.75) is 39.3 Å². The van der Waals surface area contributed by atoms with Crippen LogP contribution in [0.2, 0.25) is 5.02 Å². The Labute approximate surface area is 192 Å². The molecule has 3 heterocycles. The molecule has 2 aromatic heterocycles. The Morgan fingerprint density at radius 2 is 1.97 bits per heavy atom. The van der Waals surface area contributed by atoms with E-state index in [4.69, 9.17) is 16.3 Å². The van der Waals surface area contributed by atoms with Gasteiger partial charge in [0, 0.05) is 48.4 Å². The van der Waals surface area contributed by atoms with Gasteiger partial charge in [-0.25, -0.2) is 4.79 Å². The molecule has 8 heteroatoms. The summed E-state index contributed by atoms with van der Waals surface area (Å²) in [6, 6.07) is 13.3. The average Bonchev–Trinajstić information content (AvgIpc) is 3.17. The smallest absolute Gasteiger partial charge is 0.359 e. The highest BCUT2D eigenvalue weighted by Crippen LogP contribution is 2.25. The van der Waals surface area contributed by atoms with Crippen molar-refractivity contribution in [2.75, 3.05) is 13.2 Å². The van der Waals surface area contributed by atoms with Crippen LogP contribution in [0.1, 0.15) is 46.3 Å². The second-order valence-corrected chi connectivity index (χ2v) is 8.04. The number of amides is 1. The summed E-state index contributed by atoms with van der Waals surface area (Å²) in [5.74, 6) is -0.434. The van der Waals surface area contributed by atoms with Crippen LogP contribution < -0.4 is 0 Å². The summed E-state index contributed by atoms with van der Waals surface area (Å²) in [5, 5.41) is 5.22. The Morgan fingerprint density at radius 1 is 1.16 bits per heavy atom. The van der Waals surface area contributed by atoms with Gasteiger partial charge in [0.05, 0.1) is 18.8 Å². The lowest BCUT2D eigenvalue weighted by molar-refractivity contribution is -0.132. The van der Waals surface area contributed by atoms with Crippen LogP contribution >= 0.6 is 11.6 Å². The number of esters is 1. The molecule has 0 bridgehead atoms. The van der Waals surface area contributed by atoms with Gasteiger partial charge in [-0.1, -0.05) is 35.9 Å². The summed E-state index contributed by atoms with van der Waals surface area (Å²) < 4.78 is 7.04. The molecule has 0 radical (unpaired) electrons. The molecular weight excluding hydrogens is 428 g/mol. The zero-order valence-corrected chi connectivity index (χ0v) is 18.7. The zero-order chi connectivity index (χ0) is 22.5. The molecule has 3 aromatic rings. The van der Waals surface area contributed by atoms with Crippen LogP contribution in [0.4, 0.5) is 0 Å². The van der Waals surface area contributed by atoms with E-state index in [-0.39, 0.29) is 18.2 Å². The van der Waals surface area contributed by atoms with Crippen LogP contribution in [-0.4, -0.2) is 44.7 Å². The van der Waals surface area contributed by atoms with Crippen molar-refractivity contribution in [3.05, 3.63) is 81.9 Å². The molecule has 0 saturated carbocycles. The highest BCUT2D eigenvalue weighted by Gasteiger charge is 2.30. The Bertz CT molecular complexity index is 1110. The number of nitrogens with zero attached hydrogens (tertiary/aromatic N) is 4. The number of hydrogen-bond acceptors (Lipinski definition) is 5. The average molecular weight is 453 g/mol. The molecule has 32 heavy (non-hydrogen) atoms. The minimum absolute atomic E-state index is 0.0304. The third-order valence-electron chi connectivity index (χ3n) is 5.56. The van der Waals surface area contributed by atoms with Crippen molar-refractivity contribution in [3.8, 4) is 0 Å². The number of fused-ring (bicyclic) bond motifs is 1. The van der Waals surface area contributed by atoms with E-state index in [1.807, 2.05) is 47.1 Å². The number of carbonyl (C=O) groups excluding carboxylic acids is 2. The highest BCUT2D eigenvalue weighted by molar-refractivity contribution is 6.31. The Morgan fingerprint density at radius 3 is 2.72 bits per heavy atom. The molecule has 0 aliphatic carbocycles. The van der Waals surface area contributed by atoms with E-state index < -0.39 is 5.97 Å². The standard InChI is InChI=1S/C24H25ClN4O3/c1-2-32-24(31)23-19-16-28(22(30)11-10-17-7-3-4-9-20(17)25)14-12-21(19)29(27-23)15-18-8-5-6-13-26-18/h3-9,13H,2,10-12,14-16H2,1H3. The van der Waals surface area contributed by atoms with E-state index in [0.717, 1.165) is 22.5 Å². The van der Waals surface area contributed by atoms with Gasteiger partial charge in [0.2, 0.25) is 5.91 Å². The van der Waals surface area contributed by atoms with Crippen molar-refractivity contribution in [2.24, 2.45) is 0 Å². The summed E-state index contributed by atoms with van der Waals surface area (Å²) in [6.45, 7) is 3.40. The van der Waals surface area contributed by atoms with Crippen LogP contribution in [0.25, 0.3) is 0 Å². The van der Waals surface area contributed by atoms with Gasteiger partial charge in [-0.15, -0.1) is 0 Å². The quantitative estimate of drug-likeness (QED) is 0.511. The normalized spacial score (nSPS) is 13.0. The molecule has 0 atom stereocenters. The third kappa shape index (κ3) is 4.83. The van der Waals surface area contributed by atoms with Gasteiger partial charge in [-0.05, 0) is 37.1 Å². The van der Waals surface area contributed by atoms with Gasteiger partial charge < -0.3 is 9.64 Å². The third-order valence-corrected chi connectivity index (χ3v) is 5.93. The molecule has 4 rings (SSSR count). The van der Waals surface area contributed by atoms with E-state index in [0.29, 0.717) is 43.9 Å². The van der Waals surface area contributed by atoms with E-state index in [9.17, 15) is 9.59 Å². The number of aromatic nitrogens is 3. The lowest BCUT2D eigenvalue weighted by atomic mass is 10.0. The van der Waals surface area contributed by atoms with Crippen LogP contribution in [0.5, 0.6) is 0 Å². The molecule has 7 nitrogen and oxygen atoms in total. The number of halogens is 1. The Balaban J connectivity index is 1.53. The topological polar surface area (TPSA) is 77.3 Å². The van der Waals surface area contributed by atoms with Gasteiger partial charge in [0.15, 0.2) is 5.69 Å². The lowest BCUT2D eigenvalue weighted by Crippen LogP contribution is -2.37. The van der Waals surface area contributed by atoms with Crippen LogP contribution in [0, 0.1) is 0 Å². The number of hydrogen-bond donors (Lipinski definition) is 0. The first-order valence-corrected chi connectivity index (χ1v) is 11.1. The predicted octanol–water partition coefficient (Wildman–Crippen LogP) is 3.67. The summed E-state index contributed by atoms with van der Waals surface area (Å²) >= 11 is 6.22. The molecule has 1 amide bonds. The van der Waals surface area contributed by atoms with E-state index in [1.165, 1.54) is 0 Å². The van der Waals surface area contributed by atoms with Gasteiger partial charge in [-0.2, -0.15) is 5.10 Å². The van der Waals surface area contributed by atoms with Crippen LogP contribution in [-0.2, 0) is 35.5 Å². The number of pyridine rings is 1. The number of benzene rings is 1. The second-order valence-electron chi connectivity index (χ2n) is 7.63. The first-order chi connectivity index (χ1) is 15.6. The maximum absolute atomic E-state index is 12.9. The zero-order valence-electron chi connectivity index (χ0n) is 18.0. The number of carbonyl (C=O) groups is 2. The van der Waals surface area contributed by atoms with Gasteiger partial charge >= 0.3 is 5.97 Å². The first kappa shape index (κ1) is 22.0. The molecule has 1 aliphatic heterocycles. The molecule has 1 aromatic carbocycles. The molecule has 0 unspecified atom stereocenters. The highest BCUT2D eigenvalue weighted by atomic mass is 35.5. The molecule has 1 aliphatic rings. The van der Waals surface area contributed by atoms with Crippen molar-refractivity contribution >= 4 is 23.5 Å². The van der Waals surface area contributed by atoms with Gasteiger partial charge in [0.1, 0.15) is 0 Å². The molecule has 0 N–H and O–H groups in total. The molecular formula is C24H25ClN4O3. The maximum Gasteiger partial charge on any atom is 0.359 e. The fourth-order valence-electron chi connectivity index (χ4n) is 3.94. The minimum atomic E-state index is -0.464. The fraction of sp³-hybridized carbons (Fsp3) is 0.333.